The Labute approximate surface area is 100 Å². The van der Waals surface area contributed by atoms with Gasteiger partial charge in [-0.25, -0.2) is 4.98 Å². The fraction of sp³-hybridized carbons (Fsp3) is 0.444. The number of methoxy groups -OCH3 is 1. The number of ether oxygens (including phenoxy) is 1. The van der Waals surface area contributed by atoms with Crippen LogP contribution in [0.15, 0.2) is 12.3 Å². The SMILES string of the molecule is COc1ccnc(N(CC(=O)O)CC(F)(F)F)n1. The Morgan fingerprint density at radius 2 is 2.22 bits per heavy atom. The number of carboxylic acid groups (broad SMARTS) is 1. The van der Waals surface area contributed by atoms with E-state index in [-0.39, 0.29) is 11.8 Å². The number of hydrogen-bond acceptors (Lipinski definition) is 5. The lowest BCUT2D eigenvalue weighted by Crippen LogP contribution is -2.39. The molecular weight excluding hydrogens is 255 g/mol. The summed E-state index contributed by atoms with van der Waals surface area (Å²) in [5.41, 5.74) is 0. The van der Waals surface area contributed by atoms with Crippen LogP contribution in [0.3, 0.4) is 0 Å². The molecule has 0 unspecified atom stereocenters. The van der Waals surface area contributed by atoms with Crippen molar-refractivity contribution in [2.75, 3.05) is 25.1 Å². The third-order valence-corrected chi connectivity index (χ3v) is 1.81. The topological polar surface area (TPSA) is 75.5 Å². The fourth-order valence-electron chi connectivity index (χ4n) is 1.18. The first-order valence-electron chi connectivity index (χ1n) is 4.72. The van der Waals surface area contributed by atoms with Crippen molar-refractivity contribution in [2.45, 2.75) is 6.18 Å². The first-order chi connectivity index (χ1) is 8.31. The monoisotopic (exact) mass is 265 g/mol. The Morgan fingerprint density at radius 3 is 2.72 bits per heavy atom. The van der Waals surface area contributed by atoms with Crippen molar-refractivity contribution in [3.05, 3.63) is 12.3 Å². The number of carbonyl (C=O) groups is 1. The number of alkyl halides is 3. The zero-order valence-electron chi connectivity index (χ0n) is 9.31. The van der Waals surface area contributed by atoms with Gasteiger partial charge in [-0.3, -0.25) is 4.79 Å². The van der Waals surface area contributed by atoms with Gasteiger partial charge in [-0.15, -0.1) is 0 Å². The number of aromatic nitrogens is 2. The van der Waals surface area contributed by atoms with Crippen LogP contribution in [0.1, 0.15) is 0 Å². The van der Waals surface area contributed by atoms with Crippen LogP contribution in [0.4, 0.5) is 19.1 Å². The van der Waals surface area contributed by atoms with Crippen LogP contribution in [0.5, 0.6) is 5.88 Å². The Hall–Kier alpha value is -2.06. The number of hydrogen-bond donors (Lipinski definition) is 1. The molecule has 1 rings (SSSR count). The van der Waals surface area contributed by atoms with Crippen LogP contribution < -0.4 is 9.64 Å². The third kappa shape index (κ3) is 4.44. The normalized spacial score (nSPS) is 11.1. The molecular formula is C9H10F3N3O3. The largest absolute Gasteiger partial charge is 0.481 e. The number of rotatable bonds is 5. The molecule has 1 aromatic heterocycles. The molecule has 6 nitrogen and oxygen atoms in total. The first kappa shape index (κ1) is 14.0. The average molecular weight is 265 g/mol. The number of anilines is 1. The molecule has 0 aliphatic carbocycles. The van der Waals surface area contributed by atoms with Gasteiger partial charge in [-0.2, -0.15) is 18.2 Å². The summed E-state index contributed by atoms with van der Waals surface area (Å²) < 4.78 is 41.6. The van der Waals surface area contributed by atoms with Crippen molar-refractivity contribution in [3.63, 3.8) is 0 Å². The lowest BCUT2D eigenvalue weighted by Gasteiger charge is -2.21. The summed E-state index contributed by atoms with van der Waals surface area (Å²) in [7, 11) is 1.29. The predicted octanol–water partition coefficient (Wildman–Crippen LogP) is 0.939. The molecule has 0 fully saturated rings. The minimum absolute atomic E-state index is 0.0533. The van der Waals surface area contributed by atoms with Crippen molar-refractivity contribution in [2.24, 2.45) is 0 Å². The molecule has 0 aromatic carbocycles. The smallest absolute Gasteiger partial charge is 0.406 e. The van der Waals surface area contributed by atoms with Gasteiger partial charge >= 0.3 is 12.1 Å². The first-order valence-corrected chi connectivity index (χ1v) is 4.72. The van der Waals surface area contributed by atoms with Crippen LogP contribution in [0.25, 0.3) is 0 Å². The Bertz CT molecular complexity index is 425. The maximum absolute atomic E-state index is 12.3. The van der Waals surface area contributed by atoms with Crippen LogP contribution >= 0.6 is 0 Å². The summed E-state index contributed by atoms with van der Waals surface area (Å²) in [5.74, 6) is -1.71. The molecule has 0 aliphatic rings. The maximum Gasteiger partial charge on any atom is 0.406 e. The van der Waals surface area contributed by atoms with E-state index in [1.54, 1.807) is 0 Å². The van der Waals surface area contributed by atoms with E-state index in [9.17, 15) is 18.0 Å². The quantitative estimate of drug-likeness (QED) is 0.853. The molecule has 0 bridgehead atoms. The van der Waals surface area contributed by atoms with E-state index in [1.807, 2.05) is 0 Å². The highest BCUT2D eigenvalue weighted by Crippen LogP contribution is 2.20. The molecule has 1 N–H and O–H groups in total. The van der Waals surface area contributed by atoms with Gasteiger partial charge in [0.1, 0.15) is 13.1 Å². The predicted molar refractivity (Wildman–Crippen MR) is 54.5 cm³/mol. The van der Waals surface area contributed by atoms with E-state index >= 15 is 0 Å². The highest BCUT2D eigenvalue weighted by atomic mass is 19.4. The summed E-state index contributed by atoms with van der Waals surface area (Å²) >= 11 is 0. The van der Waals surface area contributed by atoms with Gasteiger partial charge < -0.3 is 14.7 Å². The molecule has 1 aromatic rings. The van der Waals surface area contributed by atoms with Crippen molar-refractivity contribution >= 4 is 11.9 Å². The number of carboxylic acids is 1. The second-order valence-electron chi connectivity index (χ2n) is 3.26. The van der Waals surface area contributed by atoms with Gasteiger partial charge in [0.05, 0.1) is 7.11 Å². The van der Waals surface area contributed by atoms with Gasteiger partial charge in [-0.1, -0.05) is 0 Å². The molecule has 0 aliphatic heterocycles. The van der Waals surface area contributed by atoms with Gasteiger partial charge in [0.2, 0.25) is 11.8 Å². The standard InChI is InChI=1S/C9H10F3N3O3/c1-18-6-2-3-13-8(14-6)15(4-7(16)17)5-9(10,11)12/h2-3H,4-5H2,1H3,(H,16,17). The van der Waals surface area contributed by atoms with E-state index in [0.717, 1.165) is 0 Å². The third-order valence-electron chi connectivity index (χ3n) is 1.81. The van der Waals surface area contributed by atoms with Crippen LogP contribution in [-0.2, 0) is 4.79 Å². The van der Waals surface area contributed by atoms with Crippen molar-refractivity contribution in [3.8, 4) is 5.88 Å². The Morgan fingerprint density at radius 1 is 1.56 bits per heavy atom. The number of aliphatic carboxylic acids is 1. The summed E-state index contributed by atoms with van der Waals surface area (Å²) in [4.78, 5) is 18.3. The molecule has 0 atom stereocenters. The Kier molecular flexibility index (Phi) is 4.29. The minimum Gasteiger partial charge on any atom is -0.481 e. The van der Waals surface area contributed by atoms with Crippen molar-refractivity contribution in [1.82, 2.24) is 9.97 Å². The molecule has 0 radical (unpaired) electrons. The molecule has 0 spiro atoms. The lowest BCUT2D eigenvalue weighted by atomic mass is 10.4. The number of nitrogens with zero attached hydrogens (tertiary/aromatic N) is 3. The van der Waals surface area contributed by atoms with Crippen molar-refractivity contribution in [1.29, 1.82) is 0 Å². The van der Waals surface area contributed by atoms with E-state index in [4.69, 9.17) is 9.84 Å². The zero-order chi connectivity index (χ0) is 13.8. The molecule has 18 heavy (non-hydrogen) atoms. The summed E-state index contributed by atoms with van der Waals surface area (Å²) in [6.07, 6.45) is -3.37. The molecule has 1 heterocycles. The number of halogens is 3. The summed E-state index contributed by atoms with van der Waals surface area (Å²) in [6.45, 7) is -2.31. The zero-order valence-corrected chi connectivity index (χ0v) is 9.31. The molecule has 0 saturated heterocycles. The molecule has 0 saturated carbocycles. The Balaban J connectivity index is 2.96. The van der Waals surface area contributed by atoms with E-state index < -0.39 is 25.2 Å². The van der Waals surface area contributed by atoms with E-state index in [0.29, 0.717) is 4.90 Å². The lowest BCUT2D eigenvalue weighted by molar-refractivity contribution is -0.136. The van der Waals surface area contributed by atoms with Gasteiger partial charge in [-0.05, 0) is 0 Å². The van der Waals surface area contributed by atoms with Crippen LogP contribution in [0, 0.1) is 0 Å². The van der Waals surface area contributed by atoms with Crippen molar-refractivity contribution < 1.29 is 27.8 Å². The average Bonchev–Trinajstić information content (AvgIpc) is 2.26. The van der Waals surface area contributed by atoms with E-state index in [2.05, 4.69) is 9.97 Å². The molecule has 100 valence electrons. The molecule has 9 heteroatoms. The minimum atomic E-state index is -4.55. The van der Waals surface area contributed by atoms with E-state index in [1.165, 1.54) is 19.4 Å². The van der Waals surface area contributed by atoms with Gasteiger partial charge in [0, 0.05) is 12.3 Å². The van der Waals surface area contributed by atoms with Crippen LogP contribution in [-0.4, -0.2) is 47.4 Å². The second kappa shape index (κ2) is 5.52. The summed E-state index contributed by atoms with van der Waals surface area (Å²) in [5, 5.41) is 8.57. The molecule has 0 amide bonds. The maximum atomic E-state index is 12.3. The summed E-state index contributed by atoms with van der Waals surface area (Å²) in [6, 6.07) is 1.34. The highest BCUT2D eigenvalue weighted by molar-refractivity contribution is 5.72. The second-order valence-corrected chi connectivity index (χ2v) is 3.26. The van der Waals surface area contributed by atoms with Crippen LogP contribution in [0.2, 0.25) is 0 Å². The van der Waals surface area contributed by atoms with Gasteiger partial charge in [0.15, 0.2) is 0 Å². The van der Waals surface area contributed by atoms with Gasteiger partial charge in [0.25, 0.3) is 0 Å². The highest BCUT2D eigenvalue weighted by Gasteiger charge is 2.33. The fourth-order valence-corrected chi connectivity index (χ4v) is 1.18.